The first-order chi connectivity index (χ1) is 14.2. The van der Waals surface area contributed by atoms with Crippen LogP contribution in [0, 0.1) is 0 Å². The molecule has 2 fully saturated rings. The van der Waals surface area contributed by atoms with Crippen LogP contribution in [0.15, 0.2) is 36.4 Å². The maximum absolute atomic E-state index is 12.5. The summed E-state index contributed by atoms with van der Waals surface area (Å²) in [6, 6.07) is 12.1. The van der Waals surface area contributed by atoms with Crippen LogP contribution in [0.5, 0.6) is 0 Å². The van der Waals surface area contributed by atoms with E-state index in [-0.39, 0.29) is 6.03 Å². The number of carbonyl (C=O) groups excluding carboxylic acids is 1. The van der Waals surface area contributed by atoms with E-state index in [1.54, 1.807) is 0 Å². The minimum Gasteiger partial charge on any atom is -0.355 e. The predicted octanol–water partition coefficient (Wildman–Crippen LogP) is 3.38. The topological polar surface area (TPSA) is 64.6 Å². The van der Waals surface area contributed by atoms with E-state index in [0.29, 0.717) is 13.1 Å². The molecule has 0 saturated carbocycles. The van der Waals surface area contributed by atoms with Crippen molar-refractivity contribution in [3.8, 4) is 0 Å². The fourth-order valence-corrected chi connectivity index (χ4v) is 3.94. The van der Waals surface area contributed by atoms with Gasteiger partial charge in [-0.3, -0.25) is 0 Å². The Bertz CT molecular complexity index is 793. The number of carbonyl (C=O) groups is 1. The Morgan fingerprint density at radius 3 is 1.97 bits per heavy atom. The Morgan fingerprint density at radius 1 is 0.828 bits per heavy atom. The Morgan fingerprint density at radius 2 is 1.41 bits per heavy atom. The molecule has 0 radical (unpaired) electrons. The van der Waals surface area contributed by atoms with Gasteiger partial charge in [0.2, 0.25) is 0 Å². The van der Waals surface area contributed by atoms with E-state index >= 15 is 0 Å². The molecule has 2 aliphatic heterocycles. The lowest BCUT2D eigenvalue weighted by Crippen LogP contribution is -2.50. The lowest BCUT2D eigenvalue weighted by molar-refractivity contribution is 0.208. The van der Waals surface area contributed by atoms with Crippen molar-refractivity contribution in [3.63, 3.8) is 0 Å². The highest BCUT2D eigenvalue weighted by Crippen LogP contribution is 2.20. The molecule has 0 atom stereocenters. The van der Waals surface area contributed by atoms with Crippen molar-refractivity contribution < 1.29 is 4.79 Å². The molecule has 0 spiro atoms. The zero-order valence-electron chi connectivity index (χ0n) is 17.2. The maximum Gasteiger partial charge on any atom is 0.321 e. The van der Waals surface area contributed by atoms with E-state index in [1.807, 2.05) is 17.0 Å². The van der Waals surface area contributed by atoms with Gasteiger partial charge in [0.05, 0.1) is 0 Å². The number of amides is 2. The second-order valence-electron chi connectivity index (χ2n) is 7.75. The molecule has 7 nitrogen and oxygen atoms in total. The van der Waals surface area contributed by atoms with E-state index in [1.165, 1.54) is 24.8 Å². The SMILES string of the molecule is CCc1ccc(NC(=O)N2CCN(c3ccc(N4CCCCC4)nn3)CC2)cc1. The Kier molecular flexibility index (Phi) is 6.12. The van der Waals surface area contributed by atoms with E-state index in [2.05, 4.69) is 56.5 Å². The third-order valence-corrected chi connectivity index (χ3v) is 5.82. The summed E-state index contributed by atoms with van der Waals surface area (Å²) in [5.74, 6) is 1.86. The van der Waals surface area contributed by atoms with Crippen molar-refractivity contribution >= 4 is 23.4 Å². The van der Waals surface area contributed by atoms with Crippen LogP contribution in [-0.4, -0.2) is 60.4 Å². The second kappa shape index (κ2) is 9.11. The first-order valence-corrected chi connectivity index (χ1v) is 10.7. The van der Waals surface area contributed by atoms with Gasteiger partial charge in [-0.15, -0.1) is 10.2 Å². The summed E-state index contributed by atoms with van der Waals surface area (Å²) in [4.78, 5) is 18.9. The number of benzene rings is 1. The van der Waals surface area contributed by atoms with Gasteiger partial charge in [0.25, 0.3) is 0 Å². The number of anilines is 3. The molecule has 0 bridgehead atoms. The molecular weight excluding hydrogens is 364 g/mol. The van der Waals surface area contributed by atoms with Gasteiger partial charge >= 0.3 is 6.03 Å². The largest absolute Gasteiger partial charge is 0.355 e. The summed E-state index contributed by atoms with van der Waals surface area (Å²) in [5.41, 5.74) is 2.11. The van der Waals surface area contributed by atoms with Crippen LogP contribution < -0.4 is 15.1 Å². The lowest BCUT2D eigenvalue weighted by Gasteiger charge is -2.35. The smallest absolute Gasteiger partial charge is 0.321 e. The monoisotopic (exact) mass is 394 g/mol. The number of piperidine rings is 1. The molecule has 29 heavy (non-hydrogen) atoms. The zero-order valence-corrected chi connectivity index (χ0v) is 17.2. The average molecular weight is 395 g/mol. The van der Waals surface area contributed by atoms with Crippen molar-refractivity contribution in [2.24, 2.45) is 0 Å². The molecule has 1 aromatic heterocycles. The van der Waals surface area contributed by atoms with Gasteiger partial charge in [0, 0.05) is 45.0 Å². The summed E-state index contributed by atoms with van der Waals surface area (Å²) in [6.45, 7) is 7.15. The number of piperazine rings is 1. The van der Waals surface area contributed by atoms with E-state index < -0.39 is 0 Å². The summed E-state index contributed by atoms with van der Waals surface area (Å²) < 4.78 is 0. The maximum atomic E-state index is 12.5. The van der Waals surface area contributed by atoms with Crippen LogP contribution in [0.2, 0.25) is 0 Å². The molecule has 2 aliphatic rings. The molecule has 0 unspecified atom stereocenters. The predicted molar refractivity (Wildman–Crippen MR) is 117 cm³/mol. The number of hydrogen-bond donors (Lipinski definition) is 1. The third kappa shape index (κ3) is 4.78. The van der Waals surface area contributed by atoms with Gasteiger partial charge < -0.3 is 20.0 Å². The number of hydrogen-bond acceptors (Lipinski definition) is 5. The molecule has 154 valence electrons. The fourth-order valence-electron chi connectivity index (χ4n) is 3.94. The average Bonchev–Trinajstić information content (AvgIpc) is 2.80. The molecule has 7 heteroatoms. The molecule has 4 rings (SSSR count). The first-order valence-electron chi connectivity index (χ1n) is 10.7. The number of nitrogens with one attached hydrogen (secondary N) is 1. The summed E-state index contributed by atoms with van der Waals surface area (Å²) in [5, 5.41) is 11.9. The quantitative estimate of drug-likeness (QED) is 0.861. The van der Waals surface area contributed by atoms with Crippen LogP contribution in [0.4, 0.5) is 22.1 Å². The molecular formula is C22H30N6O. The molecule has 1 N–H and O–H groups in total. The van der Waals surface area contributed by atoms with E-state index in [9.17, 15) is 4.79 Å². The number of urea groups is 1. The van der Waals surface area contributed by atoms with Gasteiger partial charge in [0.15, 0.2) is 11.6 Å². The van der Waals surface area contributed by atoms with Crippen molar-refractivity contribution in [2.45, 2.75) is 32.6 Å². The zero-order chi connectivity index (χ0) is 20.1. The fraction of sp³-hybridized carbons (Fsp3) is 0.500. The highest BCUT2D eigenvalue weighted by Gasteiger charge is 2.22. The Labute approximate surface area is 172 Å². The first kappa shape index (κ1) is 19.5. The van der Waals surface area contributed by atoms with Crippen LogP contribution >= 0.6 is 0 Å². The Balaban J connectivity index is 1.28. The van der Waals surface area contributed by atoms with E-state index in [4.69, 9.17) is 0 Å². The lowest BCUT2D eigenvalue weighted by atomic mass is 10.1. The molecule has 2 aromatic rings. The van der Waals surface area contributed by atoms with Crippen LogP contribution in [-0.2, 0) is 6.42 Å². The number of rotatable bonds is 4. The summed E-state index contributed by atoms with van der Waals surface area (Å²) in [7, 11) is 0. The van der Waals surface area contributed by atoms with Crippen LogP contribution in [0.1, 0.15) is 31.7 Å². The van der Waals surface area contributed by atoms with Gasteiger partial charge in [-0.2, -0.15) is 0 Å². The highest BCUT2D eigenvalue weighted by molar-refractivity contribution is 5.89. The number of aromatic nitrogens is 2. The minimum atomic E-state index is -0.0413. The normalized spacial score (nSPS) is 17.3. The summed E-state index contributed by atoms with van der Waals surface area (Å²) in [6.07, 6.45) is 4.77. The molecule has 2 saturated heterocycles. The molecule has 1 aromatic carbocycles. The van der Waals surface area contributed by atoms with E-state index in [0.717, 1.165) is 49.9 Å². The van der Waals surface area contributed by atoms with Gasteiger partial charge in [-0.05, 0) is 55.5 Å². The molecule has 0 aliphatic carbocycles. The molecule has 3 heterocycles. The van der Waals surface area contributed by atoms with Crippen LogP contribution in [0.3, 0.4) is 0 Å². The van der Waals surface area contributed by atoms with Crippen LogP contribution in [0.25, 0.3) is 0 Å². The van der Waals surface area contributed by atoms with Gasteiger partial charge in [-0.25, -0.2) is 4.79 Å². The van der Waals surface area contributed by atoms with Gasteiger partial charge in [0.1, 0.15) is 0 Å². The number of nitrogens with zero attached hydrogens (tertiary/aromatic N) is 5. The minimum absolute atomic E-state index is 0.0413. The van der Waals surface area contributed by atoms with Gasteiger partial charge in [-0.1, -0.05) is 19.1 Å². The Hall–Kier alpha value is -2.83. The highest BCUT2D eigenvalue weighted by atomic mass is 16.2. The second-order valence-corrected chi connectivity index (χ2v) is 7.75. The van der Waals surface area contributed by atoms with Crippen molar-refractivity contribution in [2.75, 3.05) is 54.4 Å². The van der Waals surface area contributed by atoms with Crippen molar-refractivity contribution in [1.82, 2.24) is 15.1 Å². The van der Waals surface area contributed by atoms with Crippen molar-refractivity contribution in [1.29, 1.82) is 0 Å². The van der Waals surface area contributed by atoms with Crippen molar-refractivity contribution in [3.05, 3.63) is 42.0 Å². The molecule has 2 amide bonds. The number of aryl methyl sites for hydroxylation is 1. The third-order valence-electron chi connectivity index (χ3n) is 5.82. The standard InChI is InChI=1S/C22H30N6O/c1-2-18-6-8-19(9-7-18)23-22(29)28-16-14-27(15-17-28)21-11-10-20(24-25-21)26-12-4-3-5-13-26/h6-11H,2-5,12-17H2,1H3,(H,23,29). The summed E-state index contributed by atoms with van der Waals surface area (Å²) >= 11 is 0.